The summed E-state index contributed by atoms with van der Waals surface area (Å²) in [5.74, 6) is 0.536. The summed E-state index contributed by atoms with van der Waals surface area (Å²) >= 11 is 1.83. The van der Waals surface area contributed by atoms with Gasteiger partial charge in [-0.3, -0.25) is 0 Å². The standard InChI is InChI=1S/C25H36N2OS.ClH/c1-24(2)10-11-25(3,4)21-15-18(8-9-20(21)24)22-17-29-23(26-22)19-7-5-12-27(16-19)13-6-14-28;/h8-9,15,17,19,28H,5-7,10-14,16H2,1-4H3;1H. The normalized spacial score (nSPS) is 22.9. The molecule has 1 aliphatic carbocycles. The van der Waals surface area contributed by atoms with Crippen LogP contribution >= 0.6 is 23.7 Å². The molecule has 0 saturated carbocycles. The Morgan fingerprint density at radius 1 is 1.13 bits per heavy atom. The summed E-state index contributed by atoms with van der Waals surface area (Å²) in [7, 11) is 0. The number of benzene rings is 1. The fourth-order valence-electron chi connectivity index (χ4n) is 5.11. The van der Waals surface area contributed by atoms with Gasteiger partial charge < -0.3 is 10.0 Å². The summed E-state index contributed by atoms with van der Waals surface area (Å²) in [5.41, 5.74) is 5.92. The number of halogens is 1. The molecule has 1 saturated heterocycles. The summed E-state index contributed by atoms with van der Waals surface area (Å²) in [4.78, 5) is 7.59. The molecule has 0 amide bonds. The van der Waals surface area contributed by atoms with Crippen LogP contribution in [-0.2, 0) is 10.8 Å². The minimum Gasteiger partial charge on any atom is -0.396 e. The van der Waals surface area contributed by atoms with Crippen molar-refractivity contribution in [3.63, 3.8) is 0 Å². The zero-order valence-electron chi connectivity index (χ0n) is 18.9. The van der Waals surface area contributed by atoms with E-state index >= 15 is 0 Å². The van der Waals surface area contributed by atoms with Gasteiger partial charge in [-0.1, -0.05) is 39.8 Å². The molecular weight excluding hydrogens is 412 g/mol. The number of hydrogen-bond acceptors (Lipinski definition) is 4. The number of hydrogen-bond donors (Lipinski definition) is 1. The number of thiazole rings is 1. The van der Waals surface area contributed by atoms with E-state index in [9.17, 15) is 0 Å². The topological polar surface area (TPSA) is 36.4 Å². The van der Waals surface area contributed by atoms with Gasteiger partial charge in [-0.05, 0) is 66.7 Å². The molecule has 2 aromatic rings. The fourth-order valence-corrected chi connectivity index (χ4v) is 6.07. The Hall–Kier alpha value is -0.940. The van der Waals surface area contributed by atoms with Gasteiger partial charge in [-0.25, -0.2) is 4.98 Å². The summed E-state index contributed by atoms with van der Waals surface area (Å²) in [6, 6.07) is 7.07. The van der Waals surface area contributed by atoms with E-state index in [0.717, 1.165) is 31.7 Å². The zero-order valence-corrected chi connectivity index (χ0v) is 20.5. The number of rotatable bonds is 5. The van der Waals surface area contributed by atoms with Crippen molar-refractivity contribution in [3.8, 4) is 11.3 Å². The zero-order chi connectivity index (χ0) is 20.6. The van der Waals surface area contributed by atoms with Gasteiger partial charge in [0.15, 0.2) is 0 Å². The van der Waals surface area contributed by atoms with Crippen LogP contribution in [-0.4, -0.2) is 41.2 Å². The van der Waals surface area contributed by atoms with Gasteiger partial charge in [0.25, 0.3) is 0 Å². The predicted octanol–water partition coefficient (Wildman–Crippen LogP) is 6.14. The number of aromatic nitrogens is 1. The molecule has 166 valence electrons. The second-order valence-electron chi connectivity index (χ2n) is 10.3. The highest BCUT2D eigenvalue weighted by molar-refractivity contribution is 7.10. The van der Waals surface area contributed by atoms with Crippen LogP contribution in [0.1, 0.15) is 81.9 Å². The first-order valence-corrected chi connectivity index (χ1v) is 12.1. The molecule has 5 heteroatoms. The van der Waals surface area contributed by atoms with Crippen LogP contribution < -0.4 is 0 Å². The van der Waals surface area contributed by atoms with Gasteiger partial charge in [0, 0.05) is 36.6 Å². The van der Waals surface area contributed by atoms with Crippen LogP contribution in [0.3, 0.4) is 0 Å². The monoisotopic (exact) mass is 448 g/mol. The molecule has 2 heterocycles. The maximum Gasteiger partial charge on any atom is 0.0976 e. The summed E-state index contributed by atoms with van der Waals surface area (Å²) in [6.07, 6.45) is 5.82. The third-order valence-corrected chi connectivity index (χ3v) is 8.16. The fraction of sp³-hybridized carbons (Fsp3) is 0.640. The largest absolute Gasteiger partial charge is 0.396 e. The number of fused-ring (bicyclic) bond motifs is 1. The molecule has 0 spiro atoms. The van der Waals surface area contributed by atoms with Crippen molar-refractivity contribution < 1.29 is 5.11 Å². The van der Waals surface area contributed by atoms with Gasteiger partial charge >= 0.3 is 0 Å². The van der Waals surface area contributed by atoms with E-state index < -0.39 is 0 Å². The lowest BCUT2D eigenvalue weighted by molar-refractivity contribution is 0.184. The first-order valence-electron chi connectivity index (χ1n) is 11.2. The molecular formula is C25H37ClN2OS. The highest BCUT2D eigenvalue weighted by Crippen LogP contribution is 2.47. The number of aliphatic hydroxyl groups is 1. The van der Waals surface area contributed by atoms with E-state index in [1.807, 2.05) is 11.3 Å². The van der Waals surface area contributed by atoms with E-state index in [4.69, 9.17) is 10.1 Å². The third-order valence-electron chi connectivity index (χ3n) is 7.16. The third kappa shape index (κ3) is 4.77. The van der Waals surface area contributed by atoms with Gasteiger partial charge in [0.1, 0.15) is 0 Å². The molecule has 2 aliphatic rings. The average molecular weight is 449 g/mol. The average Bonchev–Trinajstić information content (AvgIpc) is 3.20. The molecule has 1 N–H and O–H groups in total. The molecule has 0 bridgehead atoms. The molecule has 1 unspecified atom stereocenters. The SMILES string of the molecule is CC1(C)CCC(C)(C)c2cc(-c3csc(C4CCCN(CCCO)C4)n3)ccc21.Cl. The van der Waals surface area contributed by atoms with E-state index in [1.54, 1.807) is 0 Å². The highest BCUT2D eigenvalue weighted by Gasteiger charge is 2.37. The quantitative estimate of drug-likeness (QED) is 0.596. The minimum atomic E-state index is 0. The summed E-state index contributed by atoms with van der Waals surface area (Å²) < 4.78 is 0. The highest BCUT2D eigenvalue weighted by atomic mass is 35.5. The van der Waals surface area contributed by atoms with Crippen LogP contribution in [0, 0.1) is 0 Å². The Kier molecular flexibility index (Phi) is 7.33. The van der Waals surface area contributed by atoms with Gasteiger partial charge in [0.2, 0.25) is 0 Å². The lowest BCUT2D eigenvalue weighted by atomic mass is 9.63. The first-order chi connectivity index (χ1) is 13.8. The van der Waals surface area contributed by atoms with Crippen molar-refractivity contribution in [1.82, 2.24) is 9.88 Å². The lowest BCUT2D eigenvalue weighted by Crippen LogP contribution is -2.35. The molecule has 1 aliphatic heterocycles. The van der Waals surface area contributed by atoms with E-state index in [2.05, 4.69) is 56.2 Å². The van der Waals surface area contributed by atoms with Gasteiger partial charge in [-0.15, -0.1) is 23.7 Å². The molecule has 1 atom stereocenters. The second-order valence-corrected chi connectivity index (χ2v) is 11.2. The minimum absolute atomic E-state index is 0. The van der Waals surface area contributed by atoms with Crippen LogP contribution in [0.15, 0.2) is 23.6 Å². The Morgan fingerprint density at radius 3 is 2.60 bits per heavy atom. The van der Waals surface area contributed by atoms with Crippen molar-refractivity contribution in [1.29, 1.82) is 0 Å². The number of likely N-dealkylation sites (tertiary alicyclic amines) is 1. The van der Waals surface area contributed by atoms with Crippen molar-refractivity contribution in [2.45, 2.75) is 76.5 Å². The van der Waals surface area contributed by atoms with E-state index in [-0.39, 0.29) is 29.8 Å². The first kappa shape index (κ1) is 23.7. The smallest absolute Gasteiger partial charge is 0.0976 e. The van der Waals surface area contributed by atoms with Crippen LogP contribution in [0.4, 0.5) is 0 Å². The Labute approximate surface area is 192 Å². The number of aliphatic hydroxyl groups excluding tert-OH is 1. The maximum absolute atomic E-state index is 9.13. The Bertz CT molecular complexity index is 861. The Morgan fingerprint density at radius 2 is 1.87 bits per heavy atom. The van der Waals surface area contributed by atoms with Crippen molar-refractivity contribution in [2.75, 3.05) is 26.2 Å². The molecule has 0 radical (unpaired) electrons. The maximum atomic E-state index is 9.13. The summed E-state index contributed by atoms with van der Waals surface area (Å²) in [5, 5.41) is 12.7. The molecule has 1 fully saturated rings. The van der Waals surface area contributed by atoms with Crippen molar-refractivity contribution >= 4 is 23.7 Å². The van der Waals surface area contributed by atoms with Gasteiger partial charge in [-0.2, -0.15) is 0 Å². The van der Waals surface area contributed by atoms with Crippen LogP contribution in [0.25, 0.3) is 11.3 Å². The van der Waals surface area contributed by atoms with Crippen molar-refractivity contribution in [2.24, 2.45) is 0 Å². The molecule has 1 aromatic carbocycles. The van der Waals surface area contributed by atoms with Crippen LogP contribution in [0.2, 0.25) is 0 Å². The molecule has 4 rings (SSSR count). The molecule has 1 aromatic heterocycles. The molecule has 3 nitrogen and oxygen atoms in total. The van der Waals surface area contributed by atoms with Gasteiger partial charge in [0.05, 0.1) is 10.7 Å². The summed E-state index contributed by atoms with van der Waals surface area (Å²) in [6.45, 7) is 13.1. The Balaban J connectivity index is 0.00000256. The molecule has 30 heavy (non-hydrogen) atoms. The van der Waals surface area contributed by atoms with E-state index in [1.165, 1.54) is 47.4 Å². The van der Waals surface area contributed by atoms with Crippen LogP contribution in [0.5, 0.6) is 0 Å². The second kappa shape index (κ2) is 9.28. The lowest BCUT2D eigenvalue weighted by Gasteiger charge is -2.42. The number of piperidine rings is 1. The van der Waals surface area contributed by atoms with Crippen molar-refractivity contribution in [3.05, 3.63) is 39.7 Å². The van der Waals surface area contributed by atoms with E-state index in [0.29, 0.717) is 5.92 Å². The number of nitrogens with zero attached hydrogens (tertiary/aromatic N) is 2. The predicted molar refractivity (Wildman–Crippen MR) is 130 cm³/mol.